The summed E-state index contributed by atoms with van der Waals surface area (Å²) in [4.78, 5) is 23.4. The van der Waals surface area contributed by atoms with Gasteiger partial charge in [0.2, 0.25) is 5.91 Å². The van der Waals surface area contributed by atoms with E-state index in [1.54, 1.807) is 4.90 Å². The Balaban J connectivity index is 3.61. The Bertz CT molecular complexity index is 180. The zero-order valence-electron chi connectivity index (χ0n) is 8.50. The number of hydrogen-bond donors (Lipinski definition) is 0. The van der Waals surface area contributed by atoms with Crippen molar-refractivity contribution >= 4 is 11.9 Å². The van der Waals surface area contributed by atoms with Crippen molar-refractivity contribution in [3.05, 3.63) is 0 Å². The van der Waals surface area contributed by atoms with Crippen LogP contribution in [0.25, 0.3) is 0 Å². The van der Waals surface area contributed by atoms with Crippen LogP contribution in [0.15, 0.2) is 0 Å². The van der Waals surface area contributed by atoms with Crippen LogP contribution in [0, 0.1) is 0 Å². The monoisotopic (exact) mass is 187 g/mol. The summed E-state index contributed by atoms with van der Waals surface area (Å²) in [5.74, 6) is -0.174. The highest BCUT2D eigenvalue weighted by Crippen LogP contribution is 1.97. The smallest absolute Gasteiger partial charge is 0.305 e. The van der Waals surface area contributed by atoms with Crippen LogP contribution in [0.4, 0.5) is 0 Å². The van der Waals surface area contributed by atoms with Gasteiger partial charge in [-0.1, -0.05) is 0 Å². The molecule has 0 saturated heterocycles. The second-order valence-electron chi connectivity index (χ2n) is 2.78. The van der Waals surface area contributed by atoms with Gasteiger partial charge in [-0.15, -0.1) is 0 Å². The number of esters is 1. The fourth-order valence-electron chi connectivity index (χ4n) is 1.05. The molecule has 0 rings (SSSR count). The summed E-state index contributed by atoms with van der Waals surface area (Å²) in [6.07, 6.45) is 1.04. The van der Waals surface area contributed by atoms with Crippen LogP contribution in [-0.4, -0.2) is 37.0 Å². The second-order valence-corrected chi connectivity index (χ2v) is 2.78. The predicted octanol–water partition coefficient (Wildman–Crippen LogP) is 0.808. The molecular weight excluding hydrogens is 170 g/mol. The first-order chi connectivity index (χ1) is 6.11. The molecule has 0 heterocycles. The van der Waals surface area contributed by atoms with Crippen molar-refractivity contribution in [2.24, 2.45) is 0 Å². The molecule has 0 spiro atoms. The van der Waals surface area contributed by atoms with Gasteiger partial charge in [0.05, 0.1) is 7.11 Å². The summed E-state index contributed by atoms with van der Waals surface area (Å²) >= 11 is 0. The molecule has 0 fully saturated rings. The first-order valence-corrected chi connectivity index (χ1v) is 4.44. The first-order valence-electron chi connectivity index (χ1n) is 4.44. The van der Waals surface area contributed by atoms with Crippen molar-refractivity contribution in [1.29, 1.82) is 0 Å². The minimum Gasteiger partial charge on any atom is -0.469 e. The third kappa shape index (κ3) is 5.22. The molecule has 0 radical (unpaired) electrons. The lowest BCUT2D eigenvalue weighted by Gasteiger charge is -2.17. The summed E-state index contributed by atoms with van der Waals surface area (Å²) < 4.78 is 4.48. The third-order valence-electron chi connectivity index (χ3n) is 1.86. The lowest BCUT2D eigenvalue weighted by Crippen LogP contribution is -2.29. The SMILES string of the molecule is CCN(CCCC(=O)OC)C(C)=O. The molecule has 76 valence electrons. The number of methoxy groups -OCH3 is 1. The fraction of sp³-hybridized carbons (Fsp3) is 0.778. The summed E-state index contributed by atoms with van der Waals surface area (Å²) in [7, 11) is 1.37. The Labute approximate surface area is 78.9 Å². The molecule has 0 bridgehead atoms. The molecule has 4 nitrogen and oxygen atoms in total. The van der Waals surface area contributed by atoms with Crippen LogP contribution < -0.4 is 0 Å². The van der Waals surface area contributed by atoms with E-state index in [2.05, 4.69) is 4.74 Å². The van der Waals surface area contributed by atoms with E-state index in [1.165, 1.54) is 14.0 Å². The average molecular weight is 187 g/mol. The van der Waals surface area contributed by atoms with Crippen molar-refractivity contribution < 1.29 is 14.3 Å². The summed E-state index contributed by atoms with van der Waals surface area (Å²) in [6, 6.07) is 0. The Morgan fingerprint density at radius 3 is 2.38 bits per heavy atom. The van der Waals surface area contributed by atoms with Gasteiger partial charge in [-0.25, -0.2) is 0 Å². The van der Waals surface area contributed by atoms with Gasteiger partial charge < -0.3 is 9.64 Å². The molecule has 0 N–H and O–H groups in total. The molecule has 0 aliphatic heterocycles. The summed E-state index contributed by atoms with van der Waals surface area (Å²) in [6.45, 7) is 4.76. The van der Waals surface area contributed by atoms with E-state index in [1.807, 2.05) is 6.92 Å². The number of carbonyl (C=O) groups excluding carboxylic acids is 2. The van der Waals surface area contributed by atoms with E-state index in [0.717, 1.165) is 0 Å². The lowest BCUT2D eigenvalue weighted by molar-refractivity contribution is -0.141. The highest BCUT2D eigenvalue weighted by Gasteiger charge is 2.06. The average Bonchev–Trinajstić information content (AvgIpc) is 2.11. The number of rotatable bonds is 5. The van der Waals surface area contributed by atoms with Gasteiger partial charge in [0.15, 0.2) is 0 Å². The Morgan fingerprint density at radius 2 is 2.00 bits per heavy atom. The second kappa shape index (κ2) is 6.46. The standard InChI is InChI=1S/C9H17NO3/c1-4-10(8(2)11)7-5-6-9(12)13-3/h4-7H2,1-3H3. The van der Waals surface area contributed by atoms with Crippen molar-refractivity contribution in [3.63, 3.8) is 0 Å². The number of amides is 1. The molecule has 13 heavy (non-hydrogen) atoms. The van der Waals surface area contributed by atoms with Crippen LogP contribution >= 0.6 is 0 Å². The van der Waals surface area contributed by atoms with Gasteiger partial charge in [0, 0.05) is 26.4 Å². The fourth-order valence-corrected chi connectivity index (χ4v) is 1.05. The van der Waals surface area contributed by atoms with Crippen LogP contribution in [0.1, 0.15) is 26.7 Å². The number of ether oxygens (including phenoxy) is 1. The van der Waals surface area contributed by atoms with E-state index in [-0.39, 0.29) is 11.9 Å². The normalized spacial score (nSPS) is 9.46. The van der Waals surface area contributed by atoms with Crippen molar-refractivity contribution in [1.82, 2.24) is 4.90 Å². The quantitative estimate of drug-likeness (QED) is 0.598. The minimum absolute atomic E-state index is 0.0485. The zero-order chi connectivity index (χ0) is 10.3. The molecule has 0 aromatic rings. The van der Waals surface area contributed by atoms with Crippen LogP contribution in [0.3, 0.4) is 0 Å². The Kier molecular flexibility index (Phi) is 5.93. The minimum atomic E-state index is -0.223. The zero-order valence-corrected chi connectivity index (χ0v) is 8.50. The highest BCUT2D eigenvalue weighted by molar-refractivity contribution is 5.73. The Hall–Kier alpha value is -1.06. The van der Waals surface area contributed by atoms with Crippen molar-refractivity contribution in [2.45, 2.75) is 26.7 Å². The van der Waals surface area contributed by atoms with Crippen LogP contribution in [0.2, 0.25) is 0 Å². The maximum Gasteiger partial charge on any atom is 0.305 e. The number of hydrogen-bond acceptors (Lipinski definition) is 3. The van der Waals surface area contributed by atoms with Crippen molar-refractivity contribution in [3.8, 4) is 0 Å². The molecule has 1 amide bonds. The molecule has 0 aromatic carbocycles. The Morgan fingerprint density at radius 1 is 1.38 bits per heavy atom. The van der Waals surface area contributed by atoms with Crippen LogP contribution in [0.5, 0.6) is 0 Å². The van der Waals surface area contributed by atoms with E-state index < -0.39 is 0 Å². The molecule has 0 saturated carbocycles. The highest BCUT2D eigenvalue weighted by atomic mass is 16.5. The van der Waals surface area contributed by atoms with Gasteiger partial charge in [-0.3, -0.25) is 9.59 Å². The molecule has 0 aliphatic rings. The lowest BCUT2D eigenvalue weighted by atomic mass is 10.3. The number of carbonyl (C=O) groups is 2. The maximum atomic E-state index is 10.9. The molecular formula is C9H17NO3. The summed E-state index contributed by atoms with van der Waals surface area (Å²) in [5.41, 5.74) is 0. The van der Waals surface area contributed by atoms with Crippen molar-refractivity contribution in [2.75, 3.05) is 20.2 Å². The van der Waals surface area contributed by atoms with Crippen LogP contribution in [-0.2, 0) is 14.3 Å². The van der Waals surface area contributed by atoms with E-state index in [9.17, 15) is 9.59 Å². The molecule has 0 atom stereocenters. The van der Waals surface area contributed by atoms with Gasteiger partial charge in [-0.2, -0.15) is 0 Å². The molecule has 0 aromatic heterocycles. The largest absolute Gasteiger partial charge is 0.469 e. The van der Waals surface area contributed by atoms with E-state index in [4.69, 9.17) is 0 Å². The molecule has 0 aliphatic carbocycles. The van der Waals surface area contributed by atoms with Gasteiger partial charge >= 0.3 is 5.97 Å². The molecule has 4 heteroatoms. The van der Waals surface area contributed by atoms with Gasteiger partial charge in [0.1, 0.15) is 0 Å². The summed E-state index contributed by atoms with van der Waals surface area (Å²) in [5, 5.41) is 0. The van der Waals surface area contributed by atoms with E-state index in [0.29, 0.717) is 25.9 Å². The third-order valence-corrected chi connectivity index (χ3v) is 1.86. The van der Waals surface area contributed by atoms with E-state index >= 15 is 0 Å². The van der Waals surface area contributed by atoms with Gasteiger partial charge in [-0.05, 0) is 13.3 Å². The maximum absolute atomic E-state index is 10.9. The number of nitrogens with zero attached hydrogens (tertiary/aromatic N) is 1. The van der Waals surface area contributed by atoms with Gasteiger partial charge in [0.25, 0.3) is 0 Å². The first kappa shape index (κ1) is 11.9. The molecule has 0 unspecified atom stereocenters. The topological polar surface area (TPSA) is 46.6 Å². The predicted molar refractivity (Wildman–Crippen MR) is 49.2 cm³/mol.